The number of phosphoric acid groups is 2. The van der Waals surface area contributed by atoms with E-state index < -0.39 is 91.5 Å². The lowest BCUT2D eigenvalue weighted by Crippen LogP contribution is -2.30. The summed E-state index contributed by atoms with van der Waals surface area (Å²) in [5.41, 5.74) is 0. The third-order valence-corrected chi connectivity index (χ3v) is 19.4. The number of aliphatic hydroxyl groups is 2. The van der Waals surface area contributed by atoms with E-state index in [-0.39, 0.29) is 19.3 Å². The van der Waals surface area contributed by atoms with Gasteiger partial charge in [-0.15, -0.1) is 0 Å². The highest BCUT2D eigenvalue weighted by molar-refractivity contribution is 7.47. The molecule has 0 aromatic carbocycles. The van der Waals surface area contributed by atoms with Crippen LogP contribution in [0.5, 0.6) is 0 Å². The first kappa shape index (κ1) is 107. The van der Waals surface area contributed by atoms with Crippen molar-refractivity contribution in [3.05, 3.63) is 207 Å². The predicted molar refractivity (Wildman–Crippen MR) is 472 cm³/mol. The second-order valence-corrected chi connectivity index (χ2v) is 31.1. The van der Waals surface area contributed by atoms with Crippen LogP contribution in [-0.4, -0.2) is 95.9 Å². The maximum Gasteiger partial charge on any atom is 0.472 e. The smallest absolute Gasteiger partial charge is 0.463 e. The Kier molecular flexibility index (Phi) is 81.1. The summed E-state index contributed by atoms with van der Waals surface area (Å²) in [6, 6.07) is 0. The molecule has 113 heavy (non-hydrogen) atoms. The molecule has 0 radical (unpaired) electrons. The Bertz CT molecular complexity index is 2880. The van der Waals surface area contributed by atoms with Crippen molar-refractivity contribution in [2.24, 2.45) is 0 Å². The van der Waals surface area contributed by atoms with Crippen molar-refractivity contribution < 1.29 is 75.8 Å². The van der Waals surface area contributed by atoms with Crippen LogP contribution in [-0.2, 0) is 55.8 Å². The van der Waals surface area contributed by atoms with E-state index in [1.165, 1.54) is 89.9 Å². The van der Waals surface area contributed by atoms with E-state index >= 15 is 0 Å². The monoisotopic (exact) mass is 1610 g/mol. The largest absolute Gasteiger partial charge is 0.472 e. The van der Waals surface area contributed by atoms with Crippen molar-refractivity contribution in [2.75, 3.05) is 39.6 Å². The summed E-state index contributed by atoms with van der Waals surface area (Å²) in [7, 11) is -9.84. The van der Waals surface area contributed by atoms with Crippen molar-refractivity contribution in [1.29, 1.82) is 0 Å². The molecular formula is C95H154O16P2. The predicted octanol–water partition coefficient (Wildman–Crippen LogP) is 26.4. The summed E-state index contributed by atoms with van der Waals surface area (Å²) in [4.78, 5) is 58.8. The van der Waals surface area contributed by atoms with E-state index in [0.717, 1.165) is 161 Å². The van der Waals surface area contributed by atoms with Crippen LogP contribution in [0.2, 0.25) is 0 Å². The number of carbonyl (C=O) groups excluding carboxylic acids is 3. The minimum atomic E-state index is -4.96. The van der Waals surface area contributed by atoms with Gasteiger partial charge >= 0.3 is 33.6 Å². The van der Waals surface area contributed by atoms with Crippen molar-refractivity contribution in [3.8, 4) is 0 Å². The fraction of sp³-hybridized carbons (Fsp3) is 0.611. The van der Waals surface area contributed by atoms with Crippen molar-refractivity contribution in [2.45, 2.75) is 334 Å². The quantitative estimate of drug-likeness (QED) is 0.0146. The summed E-state index contributed by atoms with van der Waals surface area (Å²) in [6.45, 7) is 2.25. The molecular weight excluding hydrogens is 1460 g/mol. The van der Waals surface area contributed by atoms with Crippen LogP contribution in [0.3, 0.4) is 0 Å². The number of allylic oxidation sites excluding steroid dienone is 34. The molecule has 0 aromatic rings. The van der Waals surface area contributed by atoms with Crippen LogP contribution in [0.15, 0.2) is 207 Å². The molecule has 0 aromatic heterocycles. The molecule has 0 amide bonds. The molecule has 0 aliphatic rings. The van der Waals surface area contributed by atoms with E-state index in [1.807, 2.05) is 0 Å². The summed E-state index contributed by atoms with van der Waals surface area (Å²) >= 11 is 0. The first-order valence-electron chi connectivity index (χ1n) is 43.4. The third-order valence-electron chi connectivity index (χ3n) is 17.5. The number of phosphoric ester groups is 2. The highest BCUT2D eigenvalue weighted by Crippen LogP contribution is 2.45. The van der Waals surface area contributed by atoms with Gasteiger partial charge in [0.25, 0.3) is 0 Å². The van der Waals surface area contributed by atoms with Crippen molar-refractivity contribution in [1.82, 2.24) is 0 Å². The lowest BCUT2D eigenvalue weighted by Gasteiger charge is -2.21. The van der Waals surface area contributed by atoms with Gasteiger partial charge in [-0.2, -0.15) is 0 Å². The summed E-state index contributed by atoms with van der Waals surface area (Å²) in [6.07, 6.45) is 115. The fourth-order valence-corrected chi connectivity index (χ4v) is 12.6. The van der Waals surface area contributed by atoms with Gasteiger partial charge < -0.3 is 34.2 Å². The number of carbonyl (C=O) groups is 3. The average molecular weight is 1610 g/mol. The van der Waals surface area contributed by atoms with Crippen LogP contribution in [0, 0.1) is 0 Å². The SMILES string of the molecule is CC/C=C\C/C=C\C/C=C\C/C=C\C/C=C\C/C=C\CCCCCCC(=O)OCC(COP(=O)(O)OCC(O)COP(=O)(O)OCC(O)COC(=O)CCCCCCCCCCCCCCCCCCC/C=C\C/C=C\C/C=C\C/C=C\C/C=C\CC)OC(=O)CCCC/C=C\C/C=C\C/C=C\C/C=C\C/C=C\C/C=C\CC. The standard InChI is InChI=1S/C95H154O16P2/c1-4-7-10-13-16-19-22-25-28-31-34-37-39-40-41-42-43-44-45-46-47-48-50-53-54-57-60-63-66-69-72-75-78-81-93(98)105-84-90(96)85-107-112(101,102)108-86-91(97)87-109-113(103,104)110-89-92(111-95(100)83-80-77-74-71-68-65-62-59-56-51-36-33-30-27-24-21-18-15-12-9-6-3)88-106-94(99)82-79-76-73-70-67-64-61-58-55-52-49-38-35-32-29-26-23-20-17-14-11-8-5-2/h7-12,16-21,25-30,34-38,40-41,51-52,55,59,61-62,64,68,71,90-92,96-97H,4-6,13-15,22-24,31-33,39,42-50,53-54,56-58,60,63,65-67,69-70,72-89H2,1-3H3,(H,101,102)(H,103,104)/b10-7-,11-8-,12-9-,19-16-,20-17-,21-18-,28-25-,29-26-,30-27-,37-34-,38-35-,41-40-,51-36-,55-52-,62-59-,64-61-,71-68-. The summed E-state index contributed by atoms with van der Waals surface area (Å²) in [5, 5.41) is 20.7. The summed E-state index contributed by atoms with van der Waals surface area (Å²) in [5.74, 6) is -1.66. The average Bonchev–Trinajstić information content (AvgIpc) is 0.902. The highest BCUT2D eigenvalue weighted by atomic mass is 31.2. The molecule has 0 rings (SSSR count). The van der Waals surface area contributed by atoms with Gasteiger partial charge in [-0.05, 0) is 167 Å². The van der Waals surface area contributed by atoms with E-state index in [4.69, 9.17) is 32.3 Å². The second kappa shape index (κ2) is 85.5. The molecule has 0 heterocycles. The lowest BCUT2D eigenvalue weighted by molar-refractivity contribution is -0.161. The van der Waals surface area contributed by atoms with Crippen LogP contribution in [0.1, 0.15) is 316 Å². The maximum absolute atomic E-state index is 13.0. The molecule has 0 aliphatic heterocycles. The van der Waals surface area contributed by atoms with Crippen LogP contribution in [0.25, 0.3) is 0 Å². The Morgan fingerprint density at radius 3 is 0.717 bits per heavy atom. The van der Waals surface area contributed by atoms with Gasteiger partial charge in [-0.1, -0.05) is 337 Å². The normalized spacial score (nSPS) is 14.9. The maximum atomic E-state index is 13.0. The van der Waals surface area contributed by atoms with Gasteiger partial charge in [0.05, 0.1) is 26.4 Å². The molecule has 16 nitrogen and oxygen atoms in total. The minimum absolute atomic E-state index is 0.0350. The Morgan fingerprint density at radius 1 is 0.248 bits per heavy atom. The van der Waals surface area contributed by atoms with Gasteiger partial charge in [-0.3, -0.25) is 32.5 Å². The van der Waals surface area contributed by atoms with E-state index in [0.29, 0.717) is 25.7 Å². The third kappa shape index (κ3) is 86.8. The first-order chi connectivity index (χ1) is 55.2. The lowest BCUT2D eigenvalue weighted by atomic mass is 10.0. The highest BCUT2D eigenvalue weighted by Gasteiger charge is 2.29. The van der Waals surface area contributed by atoms with Gasteiger partial charge in [0, 0.05) is 19.3 Å². The number of hydrogen-bond donors (Lipinski definition) is 4. The molecule has 0 bridgehead atoms. The van der Waals surface area contributed by atoms with Crippen molar-refractivity contribution >= 4 is 33.6 Å². The molecule has 0 spiro atoms. The van der Waals surface area contributed by atoms with E-state index in [2.05, 4.69) is 227 Å². The van der Waals surface area contributed by atoms with Crippen molar-refractivity contribution in [3.63, 3.8) is 0 Å². The Balaban J connectivity index is 4.63. The summed E-state index contributed by atoms with van der Waals surface area (Å²) < 4.78 is 61.3. The Hall–Kier alpha value is -5.87. The molecule has 5 unspecified atom stereocenters. The minimum Gasteiger partial charge on any atom is -0.463 e. The molecule has 5 atom stereocenters. The molecule has 0 aliphatic carbocycles. The van der Waals surface area contributed by atoms with E-state index in [1.54, 1.807) is 0 Å². The Morgan fingerprint density at radius 2 is 0.442 bits per heavy atom. The number of aliphatic hydroxyl groups excluding tert-OH is 2. The van der Waals surface area contributed by atoms with Crippen LogP contribution < -0.4 is 0 Å². The number of unbranched alkanes of at least 4 members (excludes halogenated alkanes) is 23. The number of ether oxygens (including phenoxy) is 3. The molecule has 0 saturated heterocycles. The van der Waals surface area contributed by atoms with Gasteiger partial charge in [0.15, 0.2) is 6.10 Å². The van der Waals surface area contributed by atoms with E-state index in [9.17, 15) is 43.5 Å². The van der Waals surface area contributed by atoms with Gasteiger partial charge in [-0.25, -0.2) is 9.13 Å². The zero-order valence-corrected chi connectivity index (χ0v) is 72.0. The fourth-order valence-electron chi connectivity index (χ4n) is 11.0. The molecule has 0 fully saturated rings. The van der Waals surface area contributed by atoms with Crippen LogP contribution >= 0.6 is 15.6 Å². The molecule has 18 heteroatoms. The number of hydrogen-bond acceptors (Lipinski definition) is 14. The van der Waals surface area contributed by atoms with Gasteiger partial charge in [0.1, 0.15) is 25.4 Å². The molecule has 640 valence electrons. The zero-order valence-electron chi connectivity index (χ0n) is 70.2. The number of rotatable bonds is 80. The zero-order chi connectivity index (χ0) is 82.2. The Labute approximate surface area is 686 Å². The molecule has 0 saturated carbocycles. The topological polar surface area (TPSA) is 231 Å². The second-order valence-electron chi connectivity index (χ2n) is 28.2. The van der Waals surface area contributed by atoms with Gasteiger partial charge in [0.2, 0.25) is 0 Å². The van der Waals surface area contributed by atoms with Crippen LogP contribution in [0.4, 0.5) is 0 Å². The number of esters is 3. The molecule has 4 N–H and O–H groups in total. The first-order valence-corrected chi connectivity index (χ1v) is 46.4.